The Labute approximate surface area is 195 Å². The number of amides is 1. The molecule has 1 aromatic heterocycles. The summed E-state index contributed by atoms with van der Waals surface area (Å²) in [5, 5.41) is 3.30. The van der Waals surface area contributed by atoms with Gasteiger partial charge in [-0.05, 0) is 69.9 Å². The zero-order valence-electron chi connectivity index (χ0n) is 20.4. The Hall–Kier alpha value is -2.75. The molecule has 0 radical (unpaired) electrons. The van der Waals surface area contributed by atoms with E-state index >= 15 is 0 Å². The van der Waals surface area contributed by atoms with E-state index in [1.165, 1.54) is 6.20 Å². The monoisotopic (exact) mass is 456 g/mol. The fourth-order valence-corrected chi connectivity index (χ4v) is 3.76. The Bertz CT molecular complexity index is 973. The Morgan fingerprint density at radius 1 is 1.12 bits per heavy atom. The predicted octanol–water partition coefficient (Wildman–Crippen LogP) is 3.01. The van der Waals surface area contributed by atoms with Gasteiger partial charge in [-0.15, -0.1) is 0 Å². The highest BCUT2D eigenvalue weighted by Crippen LogP contribution is 2.34. The Balaban J connectivity index is 2.06. The fraction of sp³-hybridized carbons (Fsp3) is 0.542. The molecule has 2 heterocycles. The minimum atomic E-state index is -0.606. The first kappa shape index (κ1) is 24.9. The summed E-state index contributed by atoms with van der Waals surface area (Å²) in [6.45, 7) is 9.45. The van der Waals surface area contributed by atoms with Gasteiger partial charge in [0.1, 0.15) is 11.4 Å². The number of carbonyl (C=O) groups is 1. The van der Waals surface area contributed by atoms with Crippen LogP contribution in [0.2, 0.25) is 0 Å². The highest BCUT2D eigenvalue weighted by molar-refractivity contribution is 5.98. The number of hydrogen-bond acceptors (Lipinski definition) is 8. The fourth-order valence-electron chi connectivity index (χ4n) is 3.76. The van der Waals surface area contributed by atoms with Crippen molar-refractivity contribution in [2.75, 3.05) is 37.5 Å². The van der Waals surface area contributed by atoms with E-state index in [4.69, 9.17) is 20.9 Å². The van der Waals surface area contributed by atoms with Crippen molar-refractivity contribution in [1.82, 2.24) is 9.97 Å². The second-order valence-corrected chi connectivity index (χ2v) is 9.50. The quantitative estimate of drug-likeness (QED) is 0.553. The number of nitrogens with two attached hydrogens (primary N) is 2. The van der Waals surface area contributed by atoms with Crippen LogP contribution in [0.5, 0.6) is 0 Å². The molecule has 1 aliphatic rings. The highest BCUT2D eigenvalue weighted by atomic mass is 16.5. The molecule has 0 spiro atoms. The van der Waals surface area contributed by atoms with Crippen LogP contribution >= 0.6 is 0 Å². The van der Waals surface area contributed by atoms with Crippen molar-refractivity contribution in [2.24, 2.45) is 11.5 Å². The maximum Gasteiger partial charge on any atom is 0.254 e. The number of carbonyl (C=O) groups excluding carboxylic acids is 1. The number of methoxy groups -OCH3 is 2. The molecule has 5 N–H and O–H groups in total. The topological polar surface area (TPSA) is 129 Å². The van der Waals surface area contributed by atoms with Crippen LogP contribution in [-0.2, 0) is 20.7 Å². The van der Waals surface area contributed by atoms with Crippen molar-refractivity contribution in [2.45, 2.75) is 57.8 Å². The maximum atomic E-state index is 12.1. The summed E-state index contributed by atoms with van der Waals surface area (Å²) < 4.78 is 11.4. The molecule has 33 heavy (non-hydrogen) atoms. The van der Waals surface area contributed by atoms with Gasteiger partial charge in [0.05, 0.1) is 11.2 Å². The number of aromatic nitrogens is 2. The van der Waals surface area contributed by atoms with Crippen molar-refractivity contribution in [3.8, 4) is 0 Å². The largest absolute Gasteiger partial charge is 0.374 e. The number of primary amides is 1. The van der Waals surface area contributed by atoms with Gasteiger partial charge in [0.15, 0.2) is 0 Å². The molecule has 1 aliphatic heterocycles. The van der Waals surface area contributed by atoms with Gasteiger partial charge in [-0.2, -0.15) is 4.98 Å². The molecule has 1 atom stereocenters. The number of hydrogen-bond donors (Lipinski definition) is 3. The van der Waals surface area contributed by atoms with E-state index in [0.717, 1.165) is 36.2 Å². The van der Waals surface area contributed by atoms with Crippen molar-refractivity contribution in [1.29, 1.82) is 0 Å². The third-order valence-electron chi connectivity index (χ3n) is 6.39. The lowest BCUT2D eigenvalue weighted by Crippen LogP contribution is -2.43. The van der Waals surface area contributed by atoms with Gasteiger partial charge in [-0.3, -0.25) is 4.79 Å². The Kier molecular flexibility index (Phi) is 7.26. The van der Waals surface area contributed by atoms with Crippen LogP contribution in [0.15, 0.2) is 24.4 Å². The van der Waals surface area contributed by atoms with E-state index in [1.807, 2.05) is 44.7 Å². The molecule has 3 rings (SSSR count). The first-order valence-corrected chi connectivity index (χ1v) is 11.2. The number of piperidine rings is 1. The number of nitrogens with one attached hydrogen (secondary N) is 1. The van der Waals surface area contributed by atoms with E-state index in [0.29, 0.717) is 18.3 Å². The molecular formula is C24H36N6O3. The summed E-state index contributed by atoms with van der Waals surface area (Å²) in [5.41, 5.74) is 13.5. The summed E-state index contributed by atoms with van der Waals surface area (Å²) in [5.74, 6) is 0.258. The zero-order chi connectivity index (χ0) is 24.4. The Morgan fingerprint density at radius 2 is 1.73 bits per heavy atom. The van der Waals surface area contributed by atoms with Gasteiger partial charge in [0, 0.05) is 45.2 Å². The molecular weight excluding hydrogens is 420 g/mol. The number of rotatable bonds is 8. The lowest BCUT2D eigenvalue weighted by molar-refractivity contribution is 0.0135. The molecule has 1 amide bonds. The molecule has 0 aliphatic carbocycles. The molecule has 180 valence electrons. The first-order valence-electron chi connectivity index (χ1n) is 11.2. The second kappa shape index (κ2) is 9.62. The molecule has 0 saturated carbocycles. The average molecular weight is 457 g/mol. The lowest BCUT2D eigenvalue weighted by atomic mass is 9.90. The minimum absolute atomic E-state index is 0.0707. The van der Waals surface area contributed by atoms with Crippen molar-refractivity contribution in [3.05, 3.63) is 41.1 Å². The summed E-state index contributed by atoms with van der Waals surface area (Å²) in [7, 11) is 3.35. The zero-order valence-corrected chi connectivity index (χ0v) is 20.4. The van der Waals surface area contributed by atoms with Crippen LogP contribution in [0.4, 0.5) is 17.5 Å². The van der Waals surface area contributed by atoms with Crippen LogP contribution in [0.3, 0.4) is 0 Å². The van der Waals surface area contributed by atoms with Crippen molar-refractivity contribution >= 4 is 23.4 Å². The van der Waals surface area contributed by atoms with E-state index in [-0.39, 0.29) is 11.6 Å². The summed E-state index contributed by atoms with van der Waals surface area (Å²) in [4.78, 5) is 23.2. The SMILES string of the molecule is COC(C)(C)c1cc(Nc2nc(N3CCC[C@H](N)C3)ncc2C(N)=O)cc(C(C)(C)OC)c1. The summed E-state index contributed by atoms with van der Waals surface area (Å²) in [6, 6.07) is 6.08. The maximum absolute atomic E-state index is 12.1. The number of anilines is 3. The van der Waals surface area contributed by atoms with Crippen LogP contribution < -0.4 is 21.7 Å². The third kappa shape index (κ3) is 5.61. The van der Waals surface area contributed by atoms with E-state index in [9.17, 15) is 4.79 Å². The molecule has 1 saturated heterocycles. The first-order chi connectivity index (χ1) is 15.5. The molecule has 0 unspecified atom stereocenters. The van der Waals surface area contributed by atoms with Gasteiger partial charge < -0.3 is 31.2 Å². The Morgan fingerprint density at radius 3 is 2.24 bits per heavy atom. The molecule has 1 aromatic carbocycles. The average Bonchev–Trinajstić information content (AvgIpc) is 2.78. The highest BCUT2D eigenvalue weighted by Gasteiger charge is 2.27. The second-order valence-electron chi connectivity index (χ2n) is 9.50. The standard InChI is InChI=1S/C24H36N6O3/c1-23(2,32-5)15-10-16(24(3,4)33-6)12-18(11-15)28-21-19(20(26)31)13-27-22(29-21)30-9-7-8-17(25)14-30/h10-13,17H,7-9,14,25H2,1-6H3,(H2,26,31)(H,27,28,29)/t17-/m0/s1. The normalized spacial score (nSPS) is 17.2. The molecule has 0 bridgehead atoms. The van der Waals surface area contributed by atoms with E-state index < -0.39 is 17.1 Å². The molecule has 2 aromatic rings. The van der Waals surface area contributed by atoms with Gasteiger partial charge in [0.2, 0.25) is 5.95 Å². The van der Waals surface area contributed by atoms with E-state index in [1.54, 1.807) is 14.2 Å². The summed E-state index contributed by atoms with van der Waals surface area (Å²) >= 11 is 0. The molecule has 9 heteroatoms. The van der Waals surface area contributed by atoms with Crippen molar-refractivity contribution in [3.63, 3.8) is 0 Å². The minimum Gasteiger partial charge on any atom is -0.374 e. The van der Waals surface area contributed by atoms with Crippen LogP contribution in [0.1, 0.15) is 62.0 Å². The lowest BCUT2D eigenvalue weighted by Gasteiger charge is -2.31. The third-order valence-corrected chi connectivity index (χ3v) is 6.39. The number of nitrogens with zero attached hydrogens (tertiary/aromatic N) is 3. The van der Waals surface area contributed by atoms with Crippen LogP contribution in [0, 0.1) is 0 Å². The molecule has 9 nitrogen and oxygen atoms in total. The van der Waals surface area contributed by atoms with Gasteiger partial charge >= 0.3 is 0 Å². The number of benzene rings is 1. The van der Waals surface area contributed by atoms with Crippen LogP contribution in [-0.4, -0.2) is 49.2 Å². The summed E-state index contributed by atoms with van der Waals surface area (Å²) in [6.07, 6.45) is 3.41. The smallest absolute Gasteiger partial charge is 0.254 e. The van der Waals surface area contributed by atoms with Crippen molar-refractivity contribution < 1.29 is 14.3 Å². The molecule has 1 fully saturated rings. The van der Waals surface area contributed by atoms with Gasteiger partial charge in [0.25, 0.3) is 5.91 Å². The van der Waals surface area contributed by atoms with Crippen LogP contribution in [0.25, 0.3) is 0 Å². The van der Waals surface area contributed by atoms with Gasteiger partial charge in [-0.25, -0.2) is 4.98 Å². The number of ether oxygens (including phenoxy) is 2. The van der Waals surface area contributed by atoms with E-state index in [2.05, 4.69) is 21.4 Å². The van der Waals surface area contributed by atoms with Gasteiger partial charge in [-0.1, -0.05) is 0 Å². The predicted molar refractivity (Wildman–Crippen MR) is 130 cm³/mol.